The van der Waals surface area contributed by atoms with Gasteiger partial charge in [-0.3, -0.25) is 14.4 Å². The smallest absolute Gasteiger partial charge is 0.323 e. The van der Waals surface area contributed by atoms with Crippen molar-refractivity contribution in [3.63, 3.8) is 0 Å². The number of aliphatic carboxylic acids is 1. The molecule has 0 fully saturated rings. The SMILES string of the molecule is CC=CC(C)(NCCNC(C)=CC)C(O)CN(CC(=O)O)C(=O)CNC(=O)CN. The molecule has 0 saturated carbocycles. The number of nitrogens with one attached hydrogen (secondary N) is 3. The van der Waals surface area contributed by atoms with E-state index in [1.54, 1.807) is 26.0 Å². The lowest BCUT2D eigenvalue weighted by Gasteiger charge is -2.36. The Kier molecular flexibility index (Phi) is 12.5. The monoisotopic (exact) mass is 413 g/mol. The highest BCUT2D eigenvalue weighted by Crippen LogP contribution is 2.14. The van der Waals surface area contributed by atoms with Crippen molar-refractivity contribution < 1.29 is 24.6 Å². The maximum absolute atomic E-state index is 12.3. The van der Waals surface area contributed by atoms with Gasteiger partial charge in [0.25, 0.3) is 0 Å². The average molecular weight is 414 g/mol. The molecule has 10 heteroatoms. The number of carbonyl (C=O) groups is 3. The first kappa shape index (κ1) is 26.6. The summed E-state index contributed by atoms with van der Waals surface area (Å²) in [6.45, 7) is 7.10. The van der Waals surface area contributed by atoms with Crippen LogP contribution in [0.4, 0.5) is 0 Å². The highest BCUT2D eigenvalue weighted by molar-refractivity contribution is 5.87. The normalized spacial score (nSPS) is 14.9. The van der Waals surface area contributed by atoms with Gasteiger partial charge in [-0.05, 0) is 27.7 Å². The molecule has 0 aromatic heterocycles. The van der Waals surface area contributed by atoms with Gasteiger partial charge >= 0.3 is 5.97 Å². The fraction of sp³-hybridized carbons (Fsp3) is 0.632. The van der Waals surface area contributed by atoms with Crippen LogP contribution in [-0.2, 0) is 14.4 Å². The van der Waals surface area contributed by atoms with Gasteiger partial charge in [0.2, 0.25) is 11.8 Å². The van der Waals surface area contributed by atoms with Crippen molar-refractivity contribution in [2.75, 3.05) is 39.3 Å². The number of aliphatic hydroxyl groups is 1. The van der Waals surface area contributed by atoms with Crippen molar-refractivity contribution >= 4 is 17.8 Å². The van der Waals surface area contributed by atoms with E-state index in [0.717, 1.165) is 10.6 Å². The van der Waals surface area contributed by atoms with E-state index in [-0.39, 0.29) is 13.1 Å². The number of nitrogens with two attached hydrogens (primary N) is 1. The van der Waals surface area contributed by atoms with Gasteiger partial charge in [0.15, 0.2) is 0 Å². The third kappa shape index (κ3) is 10.6. The first-order valence-electron chi connectivity index (χ1n) is 9.49. The number of aliphatic hydroxyl groups excluding tert-OH is 1. The fourth-order valence-corrected chi connectivity index (χ4v) is 2.50. The summed E-state index contributed by atoms with van der Waals surface area (Å²) in [6.07, 6.45) is 4.39. The van der Waals surface area contributed by atoms with Crippen molar-refractivity contribution in [1.29, 1.82) is 0 Å². The molecule has 0 aliphatic heterocycles. The Bertz CT molecular complexity index is 608. The van der Waals surface area contributed by atoms with E-state index < -0.39 is 42.5 Å². The molecule has 0 aliphatic carbocycles. The number of carbonyl (C=O) groups excluding carboxylic acids is 2. The summed E-state index contributed by atoms with van der Waals surface area (Å²) in [5.74, 6) is -2.37. The molecule has 0 bridgehead atoms. The summed E-state index contributed by atoms with van der Waals surface area (Å²) >= 11 is 0. The fourth-order valence-electron chi connectivity index (χ4n) is 2.50. The number of amides is 2. The summed E-state index contributed by atoms with van der Waals surface area (Å²) in [6, 6.07) is 0. The number of allylic oxidation sites excluding steroid dienone is 3. The highest BCUT2D eigenvalue weighted by atomic mass is 16.4. The molecule has 0 heterocycles. The third-order valence-electron chi connectivity index (χ3n) is 4.37. The van der Waals surface area contributed by atoms with E-state index in [9.17, 15) is 19.5 Å². The van der Waals surface area contributed by atoms with Gasteiger partial charge in [-0.2, -0.15) is 0 Å². The van der Waals surface area contributed by atoms with Crippen LogP contribution in [0.2, 0.25) is 0 Å². The van der Waals surface area contributed by atoms with Gasteiger partial charge in [0.05, 0.1) is 24.7 Å². The Morgan fingerprint density at radius 2 is 1.86 bits per heavy atom. The molecule has 0 radical (unpaired) electrons. The molecule has 0 spiro atoms. The zero-order valence-corrected chi connectivity index (χ0v) is 17.7. The predicted octanol–water partition coefficient (Wildman–Crippen LogP) is -1.23. The van der Waals surface area contributed by atoms with Crippen molar-refractivity contribution in [2.24, 2.45) is 5.73 Å². The van der Waals surface area contributed by atoms with Crippen LogP contribution < -0.4 is 21.7 Å². The van der Waals surface area contributed by atoms with E-state index in [4.69, 9.17) is 10.8 Å². The van der Waals surface area contributed by atoms with Crippen LogP contribution >= 0.6 is 0 Å². The van der Waals surface area contributed by atoms with Crippen LogP contribution in [0.15, 0.2) is 23.9 Å². The van der Waals surface area contributed by atoms with E-state index in [0.29, 0.717) is 13.1 Å². The standard InChI is InChI=1S/C19H35N5O5/c1-5-7-19(4,23-9-8-21-14(3)6-2)15(25)12-24(13-18(28)29)17(27)11-22-16(26)10-20/h5-7,15,21,23,25H,8-13,20H2,1-4H3,(H,22,26)(H,28,29). The highest BCUT2D eigenvalue weighted by Gasteiger charge is 2.33. The van der Waals surface area contributed by atoms with Crippen LogP contribution in [0.1, 0.15) is 27.7 Å². The van der Waals surface area contributed by atoms with Crippen LogP contribution in [0.25, 0.3) is 0 Å². The number of carboxylic acids is 1. The van der Waals surface area contributed by atoms with Crippen LogP contribution in [0, 0.1) is 0 Å². The van der Waals surface area contributed by atoms with Crippen molar-refractivity contribution in [1.82, 2.24) is 20.9 Å². The Hall–Kier alpha value is -2.43. The van der Waals surface area contributed by atoms with Gasteiger partial charge in [0, 0.05) is 25.3 Å². The second-order valence-corrected chi connectivity index (χ2v) is 6.77. The minimum Gasteiger partial charge on any atom is -0.480 e. The average Bonchev–Trinajstić information content (AvgIpc) is 2.67. The molecule has 2 atom stereocenters. The Balaban J connectivity index is 5.11. The number of nitrogens with zero attached hydrogens (tertiary/aromatic N) is 1. The van der Waals surface area contributed by atoms with Gasteiger partial charge in [-0.15, -0.1) is 0 Å². The topological polar surface area (TPSA) is 157 Å². The molecule has 2 amide bonds. The van der Waals surface area contributed by atoms with Crippen molar-refractivity contribution in [2.45, 2.75) is 39.3 Å². The summed E-state index contributed by atoms with van der Waals surface area (Å²) in [5.41, 5.74) is 5.31. The molecule has 10 nitrogen and oxygen atoms in total. The van der Waals surface area contributed by atoms with Gasteiger partial charge in [-0.25, -0.2) is 0 Å². The lowest BCUT2D eigenvalue weighted by molar-refractivity contribution is -0.145. The molecule has 2 unspecified atom stereocenters. The summed E-state index contributed by atoms with van der Waals surface area (Å²) < 4.78 is 0. The van der Waals surface area contributed by atoms with Gasteiger partial charge in [0.1, 0.15) is 6.54 Å². The van der Waals surface area contributed by atoms with E-state index in [1.807, 2.05) is 19.9 Å². The van der Waals surface area contributed by atoms with Crippen molar-refractivity contribution in [3.8, 4) is 0 Å². The molecule has 0 saturated heterocycles. The minimum atomic E-state index is -1.22. The number of carboxylic acid groups (broad SMARTS) is 1. The summed E-state index contributed by atoms with van der Waals surface area (Å²) in [4.78, 5) is 35.7. The maximum Gasteiger partial charge on any atom is 0.323 e. The van der Waals surface area contributed by atoms with Crippen LogP contribution in [-0.4, -0.2) is 83.8 Å². The molecular formula is C19H35N5O5. The molecule has 7 N–H and O–H groups in total. The molecule has 0 aromatic rings. The summed E-state index contributed by atoms with van der Waals surface area (Å²) in [5, 5.41) is 28.6. The first-order chi connectivity index (χ1) is 13.6. The second-order valence-electron chi connectivity index (χ2n) is 6.77. The molecule has 29 heavy (non-hydrogen) atoms. The van der Waals surface area contributed by atoms with E-state index in [1.165, 1.54) is 0 Å². The minimum absolute atomic E-state index is 0.223. The quantitative estimate of drug-likeness (QED) is 0.153. The third-order valence-corrected chi connectivity index (χ3v) is 4.37. The predicted molar refractivity (Wildman–Crippen MR) is 111 cm³/mol. The van der Waals surface area contributed by atoms with Gasteiger partial charge in [-0.1, -0.05) is 18.2 Å². The second kappa shape index (κ2) is 13.7. The molecule has 0 aliphatic rings. The molecule has 0 aromatic carbocycles. The Morgan fingerprint density at radius 1 is 1.21 bits per heavy atom. The van der Waals surface area contributed by atoms with Crippen LogP contribution in [0.5, 0.6) is 0 Å². The first-order valence-corrected chi connectivity index (χ1v) is 9.49. The Labute approximate surface area is 172 Å². The number of rotatable bonds is 14. The molecular weight excluding hydrogens is 378 g/mol. The lowest BCUT2D eigenvalue weighted by atomic mass is 9.93. The lowest BCUT2D eigenvalue weighted by Crippen LogP contribution is -2.57. The zero-order chi connectivity index (χ0) is 22.4. The Morgan fingerprint density at radius 3 is 2.38 bits per heavy atom. The molecule has 166 valence electrons. The number of hydrogen-bond donors (Lipinski definition) is 6. The van der Waals surface area contributed by atoms with E-state index in [2.05, 4.69) is 16.0 Å². The zero-order valence-electron chi connectivity index (χ0n) is 17.7. The van der Waals surface area contributed by atoms with Gasteiger partial charge < -0.3 is 36.8 Å². The van der Waals surface area contributed by atoms with E-state index >= 15 is 0 Å². The van der Waals surface area contributed by atoms with Crippen molar-refractivity contribution in [3.05, 3.63) is 23.9 Å². The molecule has 0 rings (SSSR count). The largest absolute Gasteiger partial charge is 0.480 e. The maximum atomic E-state index is 12.3. The summed E-state index contributed by atoms with van der Waals surface area (Å²) in [7, 11) is 0. The number of hydrogen-bond acceptors (Lipinski definition) is 7. The van der Waals surface area contributed by atoms with Crippen LogP contribution in [0.3, 0.4) is 0 Å².